The zero-order chi connectivity index (χ0) is 18.2. The Kier molecular flexibility index (Phi) is 3.72. The molecule has 7 heteroatoms. The third-order valence-electron chi connectivity index (χ3n) is 4.16. The summed E-state index contributed by atoms with van der Waals surface area (Å²) in [4.78, 5) is 29.2. The number of hydrogen-bond donors (Lipinski definition) is 2. The van der Waals surface area contributed by atoms with Crippen molar-refractivity contribution in [3.63, 3.8) is 0 Å². The van der Waals surface area contributed by atoms with E-state index in [1.807, 2.05) is 60.7 Å². The highest BCUT2D eigenvalue weighted by atomic mass is 32.2. The van der Waals surface area contributed by atoms with Gasteiger partial charge < -0.3 is 10.3 Å². The molecule has 1 aliphatic heterocycles. The summed E-state index contributed by atoms with van der Waals surface area (Å²) in [5.74, 6) is 0.304. The van der Waals surface area contributed by atoms with Gasteiger partial charge in [-0.15, -0.1) is 0 Å². The maximum absolute atomic E-state index is 12.3. The lowest BCUT2D eigenvalue weighted by molar-refractivity contribution is -0.115. The Bertz CT molecular complexity index is 1220. The zero-order valence-corrected chi connectivity index (χ0v) is 14.8. The molecule has 2 aromatic carbocycles. The van der Waals surface area contributed by atoms with Crippen LogP contribution in [0.4, 0.5) is 5.95 Å². The molecule has 2 aromatic heterocycles. The van der Waals surface area contributed by atoms with E-state index in [1.54, 1.807) is 6.20 Å². The van der Waals surface area contributed by atoms with Crippen molar-refractivity contribution < 1.29 is 4.79 Å². The van der Waals surface area contributed by atoms with Crippen molar-refractivity contribution in [2.45, 2.75) is 0 Å². The normalized spacial score (nSPS) is 17.3. The van der Waals surface area contributed by atoms with Crippen molar-refractivity contribution in [3.05, 3.63) is 71.3 Å². The van der Waals surface area contributed by atoms with E-state index < -0.39 is 0 Å². The minimum atomic E-state index is -0.166. The Hall–Kier alpha value is -3.45. The van der Waals surface area contributed by atoms with E-state index in [9.17, 15) is 4.79 Å². The molecule has 0 atom stereocenters. The lowest BCUT2D eigenvalue weighted by Crippen LogP contribution is -2.19. The molecule has 2 N–H and O–H groups in total. The number of aromatic amines is 1. The third kappa shape index (κ3) is 3.09. The van der Waals surface area contributed by atoms with Gasteiger partial charge in [0.2, 0.25) is 5.95 Å². The maximum atomic E-state index is 12.3. The number of para-hydroxylation sites is 2. The number of nitrogens with zero attached hydrogens (tertiary/aromatic N) is 3. The Morgan fingerprint density at radius 3 is 2.89 bits per heavy atom. The second-order valence-electron chi connectivity index (χ2n) is 6.01. The van der Waals surface area contributed by atoms with E-state index in [-0.39, 0.29) is 5.91 Å². The number of amidine groups is 1. The molecule has 1 saturated heterocycles. The average Bonchev–Trinajstić information content (AvgIpc) is 3.24. The van der Waals surface area contributed by atoms with Crippen molar-refractivity contribution in [3.8, 4) is 0 Å². The summed E-state index contributed by atoms with van der Waals surface area (Å²) in [6.45, 7) is 0. The van der Waals surface area contributed by atoms with Crippen LogP contribution >= 0.6 is 11.8 Å². The molecule has 0 unspecified atom stereocenters. The second-order valence-corrected chi connectivity index (χ2v) is 7.05. The predicted octanol–water partition coefficient (Wildman–Crippen LogP) is 4.00. The number of aromatic nitrogens is 3. The van der Waals surface area contributed by atoms with Gasteiger partial charge in [-0.3, -0.25) is 9.78 Å². The summed E-state index contributed by atoms with van der Waals surface area (Å²) in [6, 6.07) is 17.5. The Balaban J connectivity index is 1.44. The number of nitrogens with one attached hydrogen (secondary N) is 2. The van der Waals surface area contributed by atoms with Crippen LogP contribution in [-0.4, -0.2) is 26.0 Å². The van der Waals surface area contributed by atoms with Gasteiger partial charge in [0, 0.05) is 11.6 Å². The van der Waals surface area contributed by atoms with Gasteiger partial charge in [0.05, 0.1) is 21.5 Å². The first-order chi connectivity index (χ1) is 13.2. The summed E-state index contributed by atoms with van der Waals surface area (Å²) in [5, 5.41) is 4.33. The third-order valence-corrected chi connectivity index (χ3v) is 5.07. The summed E-state index contributed by atoms with van der Waals surface area (Å²) in [5.41, 5.74) is 3.62. The van der Waals surface area contributed by atoms with Crippen molar-refractivity contribution >= 4 is 56.8 Å². The quantitative estimate of drug-likeness (QED) is 0.522. The monoisotopic (exact) mass is 371 g/mol. The van der Waals surface area contributed by atoms with E-state index in [0.717, 1.165) is 27.5 Å². The standard InChI is InChI=1S/C20H13N5OS/c26-18-17(11-12-7-8-14-13(10-12)4-3-9-21-14)27-20(24-18)25-19-22-15-5-1-2-6-16(15)23-19/h1-11H,(H2,22,23,24,25,26)/b17-11+. The first kappa shape index (κ1) is 15.8. The molecule has 0 saturated carbocycles. The minimum Gasteiger partial charge on any atom is -0.322 e. The molecule has 4 aromatic rings. The van der Waals surface area contributed by atoms with Crippen LogP contribution in [0.1, 0.15) is 5.56 Å². The smallest absolute Gasteiger partial charge is 0.264 e. The van der Waals surface area contributed by atoms with Crippen LogP contribution in [0.25, 0.3) is 28.0 Å². The summed E-state index contributed by atoms with van der Waals surface area (Å²) in [6.07, 6.45) is 3.62. The van der Waals surface area contributed by atoms with Crippen LogP contribution in [0.2, 0.25) is 0 Å². The van der Waals surface area contributed by atoms with E-state index in [2.05, 4.69) is 25.3 Å². The summed E-state index contributed by atoms with van der Waals surface area (Å²) in [7, 11) is 0. The van der Waals surface area contributed by atoms with Gasteiger partial charge in [0.15, 0.2) is 5.17 Å². The predicted molar refractivity (Wildman–Crippen MR) is 109 cm³/mol. The fourth-order valence-corrected chi connectivity index (χ4v) is 3.73. The highest BCUT2D eigenvalue weighted by molar-refractivity contribution is 8.18. The fourth-order valence-electron chi connectivity index (χ4n) is 2.90. The SMILES string of the molecule is O=C1N/C(=N\c2nc3ccccc3[nH]2)S/C1=C/c1ccc2ncccc2c1. The van der Waals surface area contributed by atoms with E-state index in [1.165, 1.54) is 11.8 Å². The molecule has 1 fully saturated rings. The molecule has 130 valence electrons. The number of fused-ring (bicyclic) bond motifs is 2. The number of imidazole rings is 1. The summed E-state index contributed by atoms with van der Waals surface area (Å²) >= 11 is 1.30. The van der Waals surface area contributed by atoms with Crippen molar-refractivity contribution in [2.75, 3.05) is 0 Å². The number of amides is 1. The molecule has 6 nitrogen and oxygen atoms in total. The molecule has 3 heterocycles. The molecule has 1 aliphatic rings. The number of carbonyl (C=O) groups is 1. The van der Waals surface area contributed by atoms with E-state index in [0.29, 0.717) is 16.0 Å². The molecular weight excluding hydrogens is 358 g/mol. The van der Waals surface area contributed by atoms with Crippen molar-refractivity contribution in [1.82, 2.24) is 20.3 Å². The number of thioether (sulfide) groups is 1. The van der Waals surface area contributed by atoms with Gasteiger partial charge in [-0.25, -0.2) is 4.98 Å². The Labute approximate surface area is 158 Å². The van der Waals surface area contributed by atoms with Crippen LogP contribution in [0, 0.1) is 0 Å². The minimum absolute atomic E-state index is 0.166. The van der Waals surface area contributed by atoms with Gasteiger partial charge in [-0.05, 0) is 53.7 Å². The van der Waals surface area contributed by atoms with Crippen molar-refractivity contribution in [2.24, 2.45) is 4.99 Å². The van der Waals surface area contributed by atoms with Gasteiger partial charge in [0.25, 0.3) is 5.91 Å². The largest absolute Gasteiger partial charge is 0.322 e. The van der Waals surface area contributed by atoms with Gasteiger partial charge >= 0.3 is 0 Å². The average molecular weight is 371 g/mol. The number of hydrogen-bond acceptors (Lipinski definition) is 5. The number of pyridine rings is 1. The lowest BCUT2D eigenvalue weighted by Gasteiger charge is -1.99. The molecule has 1 amide bonds. The fraction of sp³-hybridized carbons (Fsp3) is 0. The van der Waals surface area contributed by atoms with Crippen LogP contribution in [0.3, 0.4) is 0 Å². The van der Waals surface area contributed by atoms with Gasteiger partial charge in [-0.1, -0.05) is 24.3 Å². The van der Waals surface area contributed by atoms with Crippen molar-refractivity contribution in [1.29, 1.82) is 0 Å². The van der Waals surface area contributed by atoms with Gasteiger partial charge in [-0.2, -0.15) is 4.99 Å². The molecule has 0 radical (unpaired) electrons. The van der Waals surface area contributed by atoms with E-state index >= 15 is 0 Å². The molecule has 0 aliphatic carbocycles. The number of carbonyl (C=O) groups excluding carboxylic acids is 1. The first-order valence-electron chi connectivity index (χ1n) is 8.34. The van der Waals surface area contributed by atoms with Crippen LogP contribution < -0.4 is 5.32 Å². The molecule has 27 heavy (non-hydrogen) atoms. The zero-order valence-electron chi connectivity index (χ0n) is 14.0. The molecular formula is C20H13N5OS. The van der Waals surface area contributed by atoms with Gasteiger partial charge in [0.1, 0.15) is 0 Å². The number of H-pyrrole nitrogens is 1. The van der Waals surface area contributed by atoms with Crippen LogP contribution in [-0.2, 0) is 4.79 Å². The highest BCUT2D eigenvalue weighted by Crippen LogP contribution is 2.28. The molecule has 0 spiro atoms. The maximum Gasteiger partial charge on any atom is 0.264 e. The highest BCUT2D eigenvalue weighted by Gasteiger charge is 2.24. The number of rotatable bonds is 2. The molecule has 5 rings (SSSR count). The summed E-state index contributed by atoms with van der Waals surface area (Å²) < 4.78 is 0. The number of benzene rings is 2. The van der Waals surface area contributed by atoms with E-state index in [4.69, 9.17) is 0 Å². The van der Waals surface area contributed by atoms with Crippen LogP contribution in [0.5, 0.6) is 0 Å². The second kappa shape index (κ2) is 6.37. The lowest BCUT2D eigenvalue weighted by atomic mass is 10.1. The number of aliphatic imine (C=N–C) groups is 1. The molecule has 0 bridgehead atoms. The topological polar surface area (TPSA) is 83.0 Å². The first-order valence-corrected chi connectivity index (χ1v) is 9.15. The Morgan fingerprint density at radius 2 is 1.96 bits per heavy atom. The Morgan fingerprint density at radius 1 is 1.04 bits per heavy atom. The van der Waals surface area contributed by atoms with Crippen LogP contribution in [0.15, 0.2) is 70.7 Å².